The summed E-state index contributed by atoms with van der Waals surface area (Å²) in [4.78, 5) is 13.7. The third-order valence-electron chi connectivity index (χ3n) is 4.92. The number of aromatic amines is 1. The molecule has 8 nitrogen and oxygen atoms in total. The Balaban J connectivity index is 1.49. The minimum absolute atomic E-state index is 0.0493. The molecule has 1 atom stereocenters. The maximum absolute atomic E-state index is 6.40. The lowest BCUT2D eigenvalue weighted by molar-refractivity contribution is 0.698. The van der Waals surface area contributed by atoms with Crippen LogP contribution in [-0.2, 0) is 6.42 Å². The van der Waals surface area contributed by atoms with Crippen LogP contribution in [0.1, 0.15) is 5.56 Å². The molecule has 0 spiro atoms. The van der Waals surface area contributed by atoms with Gasteiger partial charge >= 0.3 is 0 Å². The normalized spacial score (nSPS) is 12.2. The largest absolute Gasteiger partial charge is 0.367 e. The van der Waals surface area contributed by atoms with E-state index in [1.54, 1.807) is 29.9 Å². The van der Waals surface area contributed by atoms with E-state index in [0.717, 1.165) is 39.3 Å². The molecule has 0 aliphatic rings. The first-order chi connectivity index (χ1) is 15.3. The molecule has 4 aromatic heterocycles. The number of hydrogen-bond acceptors (Lipinski definition) is 8. The Kier molecular flexibility index (Phi) is 5.34. The predicted octanol–water partition coefficient (Wildman–Crippen LogP) is 3.52. The summed E-state index contributed by atoms with van der Waals surface area (Å²) < 4.78 is 0.961. The second kappa shape index (κ2) is 8.58. The molecule has 9 heteroatoms. The average molecular weight is 429 g/mol. The Labute approximate surface area is 182 Å². The second-order valence-corrected chi connectivity index (χ2v) is 8.02. The molecule has 5 rings (SSSR count). The number of aromatic nitrogens is 6. The molecule has 0 radical (unpaired) electrons. The lowest BCUT2D eigenvalue weighted by atomic mass is 10.1. The van der Waals surface area contributed by atoms with Gasteiger partial charge in [0.25, 0.3) is 0 Å². The number of nitrogens with zero attached hydrogens (tertiary/aromatic N) is 5. The van der Waals surface area contributed by atoms with E-state index in [-0.39, 0.29) is 6.04 Å². The summed E-state index contributed by atoms with van der Waals surface area (Å²) >= 11 is 1.58. The zero-order valence-corrected chi connectivity index (χ0v) is 17.4. The maximum atomic E-state index is 6.40. The highest BCUT2D eigenvalue weighted by Gasteiger charge is 2.17. The van der Waals surface area contributed by atoms with E-state index >= 15 is 0 Å². The van der Waals surface area contributed by atoms with E-state index in [0.29, 0.717) is 12.4 Å². The van der Waals surface area contributed by atoms with Gasteiger partial charge in [0.2, 0.25) is 0 Å². The first-order valence-corrected chi connectivity index (χ1v) is 10.7. The van der Waals surface area contributed by atoms with Crippen LogP contribution in [0.2, 0.25) is 0 Å². The van der Waals surface area contributed by atoms with Gasteiger partial charge in [-0.15, -0.1) is 11.3 Å². The number of hydrogen-bond donors (Lipinski definition) is 3. The van der Waals surface area contributed by atoms with Crippen molar-refractivity contribution < 1.29 is 0 Å². The summed E-state index contributed by atoms with van der Waals surface area (Å²) in [7, 11) is 0. The Morgan fingerprint density at radius 2 is 1.90 bits per heavy atom. The average Bonchev–Trinajstić information content (AvgIpc) is 3.48. The van der Waals surface area contributed by atoms with Gasteiger partial charge in [0.1, 0.15) is 11.5 Å². The molecule has 0 saturated heterocycles. The van der Waals surface area contributed by atoms with Gasteiger partial charge in [-0.25, -0.2) is 9.97 Å². The summed E-state index contributed by atoms with van der Waals surface area (Å²) in [6, 6.07) is 14.0. The monoisotopic (exact) mass is 428 g/mol. The number of H-pyrrole nitrogens is 1. The molecule has 4 N–H and O–H groups in total. The zero-order chi connectivity index (χ0) is 21.0. The molecule has 1 unspecified atom stereocenters. The highest BCUT2D eigenvalue weighted by atomic mass is 32.1. The van der Waals surface area contributed by atoms with E-state index in [1.807, 2.05) is 35.7 Å². The van der Waals surface area contributed by atoms with Crippen molar-refractivity contribution in [2.45, 2.75) is 12.5 Å². The van der Waals surface area contributed by atoms with Crippen LogP contribution in [0.5, 0.6) is 0 Å². The van der Waals surface area contributed by atoms with Crippen molar-refractivity contribution in [1.29, 1.82) is 0 Å². The molecule has 0 bridgehead atoms. The molecule has 5 aromatic rings. The van der Waals surface area contributed by atoms with E-state index < -0.39 is 0 Å². The van der Waals surface area contributed by atoms with Crippen LogP contribution < -0.4 is 11.1 Å². The highest BCUT2D eigenvalue weighted by Crippen LogP contribution is 2.36. The number of nitrogens with two attached hydrogens (primary N) is 1. The van der Waals surface area contributed by atoms with Crippen LogP contribution in [0.15, 0.2) is 66.4 Å². The van der Waals surface area contributed by atoms with Crippen molar-refractivity contribution in [2.75, 3.05) is 11.9 Å². The summed E-state index contributed by atoms with van der Waals surface area (Å²) in [5, 5.41) is 16.3. The number of thiophene rings is 1. The Morgan fingerprint density at radius 1 is 1.06 bits per heavy atom. The van der Waals surface area contributed by atoms with Gasteiger partial charge < -0.3 is 11.1 Å². The van der Waals surface area contributed by atoms with Gasteiger partial charge in [-0.3, -0.25) is 4.98 Å². The van der Waals surface area contributed by atoms with Gasteiger partial charge in [-0.05, 0) is 24.1 Å². The number of nitrogens with one attached hydrogen (secondary N) is 2. The SMILES string of the molecule is NC(CNc1nc(-c2ccncc2)nc2c(-c3cn[nH]n3)csc12)Cc1ccccc1. The fourth-order valence-corrected chi connectivity index (χ4v) is 4.36. The Morgan fingerprint density at radius 3 is 2.68 bits per heavy atom. The van der Waals surface area contributed by atoms with Gasteiger partial charge in [0, 0.05) is 41.5 Å². The van der Waals surface area contributed by atoms with Gasteiger partial charge in [-0.1, -0.05) is 30.3 Å². The van der Waals surface area contributed by atoms with Crippen LogP contribution in [-0.4, -0.2) is 42.9 Å². The van der Waals surface area contributed by atoms with Crippen LogP contribution in [0, 0.1) is 0 Å². The fourth-order valence-electron chi connectivity index (χ4n) is 3.40. The standard InChI is InChI=1S/C22H20N8S/c23-16(10-14-4-2-1-3-5-14)11-25-22-20-19(17(13-31-20)18-12-26-30-29-18)27-21(28-22)15-6-8-24-9-7-15/h1-9,12-13,16H,10-11,23H2,(H,25,27,28)(H,26,29,30). The minimum Gasteiger partial charge on any atom is -0.367 e. The van der Waals surface area contributed by atoms with E-state index in [9.17, 15) is 0 Å². The lowest BCUT2D eigenvalue weighted by Crippen LogP contribution is -2.31. The number of pyridine rings is 1. The smallest absolute Gasteiger partial charge is 0.162 e. The van der Waals surface area contributed by atoms with E-state index in [1.165, 1.54) is 5.56 Å². The second-order valence-electron chi connectivity index (χ2n) is 7.14. The number of anilines is 1. The van der Waals surface area contributed by atoms with Crippen molar-refractivity contribution in [2.24, 2.45) is 5.73 Å². The quantitative estimate of drug-likeness (QED) is 0.363. The van der Waals surface area contributed by atoms with Crippen molar-refractivity contribution in [3.8, 4) is 22.6 Å². The fraction of sp³-hybridized carbons (Fsp3) is 0.136. The molecule has 31 heavy (non-hydrogen) atoms. The third kappa shape index (κ3) is 4.14. The molecule has 0 fully saturated rings. The number of benzene rings is 1. The molecule has 0 aliphatic heterocycles. The molecule has 4 heterocycles. The number of fused-ring (bicyclic) bond motifs is 1. The van der Waals surface area contributed by atoms with Crippen molar-refractivity contribution in [3.63, 3.8) is 0 Å². The summed E-state index contributed by atoms with van der Waals surface area (Å²) in [5.74, 6) is 1.39. The van der Waals surface area contributed by atoms with E-state index in [2.05, 4.69) is 37.8 Å². The molecule has 0 amide bonds. The predicted molar refractivity (Wildman–Crippen MR) is 123 cm³/mol. The van der Waals surface area contributed by atoms with Gasteiger partial charge in [0.15, 0.2) is 5.82 Å². The molecule has 154 valence electrons. The summed E-state index contributed by atoms with van der Waals surface area (Å²) in [6.45, 7) is 0.591. The van der Waals surface area contributed by atoms with Gasteiger partial charge in [-0.2, -0.15) is 15.4 Å². The van der Waals surface area contributed by atoms with Crippen molar-refractivity contribution >= 4 is 27.4 Å². The first-order valence-electron chi connectivity index (χ1n) is 9.87. The molecule has 1 aromatic carbocycles. The van der Waals surface area contributed by atoms with Crippen LogP contribution >= 0.6 is 11.3 Å². The minimum atomic E-state index is -0.0493. The van der Waals surface area contributed by atoms with Crippen LogP contribution in [0.3, 0.4) is 0 Å². The maximum Gasteiger partial charge on any atom is 0.162 e. The van der Waals surface area contributed by atoms with Crippen LogP contribution in [0.25, 0.3) is 32.9 Å². The Hall–Kier alpha value is -3.69. The molecular formula is C22H20N8S. The molecule has 0 aliphatic carbocycles. The van der Waals surface area contributed by atoms with Gasteiger partial charge in [0.05, 0.1) is 16.4 Å². The van der Waals surface area contributed by atoms with E-state index in [4.69, 9.17) is 15.7 Å². The number of rotatable bonds is 7. The van der Waals surface area contributed by atoms with Crippen molar-refractivity contribution in [3.05, 3.63) is 72.0 Å². The summed E-state index contributed by atoms with van der Waals surface area (Å²) in [6.07, 6.45) is 5.95. The lowest BCUT2D eigenvalue weighted by Gasteiger charge is -2.14. The molecule has 0 saturated carbocycles. The molecular weight excluding hydrogens is 408 g/mol. The topological polar surface area (TPSA) is 118 Å². The zero-order valence-electron chi connectivity index (χ0n) is 16.6. The summed E-state index contributed by atoms with van der Waals surface area (Å²) in [5.41, 5.74) is 11.0. The van der Waals surface area contributed by atoms with Crippen LogP contribution in [0.4, 0.5) is 5.82 Å². The first kappa shape index (κ1) is 19.3. The highest BCUT2D eigenvalue weighted by molar-refractivity contribution is 7.18. The third-order valence-corrected chi connectivity index (χ3v) is 5.89. The van der Waals surface area contributed by atoms with Crippen molar-refractivity contribution in [1.82, 2.24) is 30.4 Å². The Bertz CT molecular complexity index is 1270.